The molecule has 0 unspecified atom stereocenters. The van der Waals surface area contributed by atoms with Crippen molar-refractivity contribution >= 4 is 29.9 Å². The zero-order valence-electron chi connectivity index (χ0n) is 11.4. The van der Waals surface area contributed by atoms with Gasteiger partial charge >= 0.3 is 0 Å². The number of nitrogens with one attached hydrogen (secondary N) is 1. The van der Waals surface area contributed by atoms with Gasteiger partial charge in [-0.1, -0.05) is 0 Å². The largest absolute Gasteiger partial charge is 0.298 e. The van der Waals surface area contributed by atoms with Crippen molar-refractivity contribution in [2.24, 2.45) is 7.05 Å². The molecule has 2 aromatic rings. The van der Waals surface area contributed by atoms with Crippen molar-refractivity contribution in [2.75, 3.05) is 11.6 Å². The standard InChI is InChI=1S/C13H14N4O2S/c1-8-10(5-4-9(6-18)11(8)20-3)12(19)16-13-14-7-15-17(13)2/h4-7H,1-3H3,(H,14,15,16,19). The van der Waals surface area contributed by atoms with Crippen LogP contribution in [-0.2, 0) is 7.05 Å². The van der Waals surface area contributed by atoms with Gasteiger partial charge in [-0.2, -0.15) is 10.1 Å². The maximum Gasteiger partial charge on any atom is 0.258 e. The molecule has 0 saturated carbocycles. The van der Waals surface area contributed by atoms with E-state index >= 15 is 0 Å². The molecular formula is C13H14N4O2S. The highest BCUT2D eigenvalue weighted by molar-refractivity contribution is 7.98. The molecule has 1 amide bonds. The molecule has 0 bridgehead atoms. The topological polar surface area (TPSA) is 76.9 Å². The van der Waals surface area contributed by atoms with Gasteiger partial charge in [-0.15, -0.1) is 11.8 Å². The second-order valence-corrected chi connectivity index (χ2v) is 4.96. The highest BCUT2D eigenvalue weighted by Gasteiger charge is 2.16. The Morgan fingerprint density at radius 2 is 2.20 bits per heavy atom. The highest BCUT2D eigenvalue weighted by atomic mass is 32.2. The fraction of sp³-hybridized carbons (Fsp3) is 0.231. The monoisotopic (exact) mass is 290 g/mol. The van der Waals surface area contributed by atoms with Crippen LogP contribution in [0.3, 0.4) is 0 Å². The molecule has 6 nitrogen and oxygen atoms in total. The molecule has 2 rings (SSSR count). The third-order valence-electron chi connectivity index (χ3n) is 2.95. The quantitative estimate of drug-likeness (QED) is 0.687. The van der Waals surface area contributed by atoms with Crippen molar-refractivity contribution in [2.45, 2.75) is 11.8 Å². The molecule has 20 heavy (non-hydrogen) atoms. The maximum absolute atomic E-state index is 12.3. The predicted octanol–water partition coefficient (Wildman–Crippen LogP) is 1.91. The molecule has 0 aliphatic rings. The lowest BCUT2D eigenvalue weighted by molar-refractivity contribution is 0.102. The number of benzene rings is 1. The molecule has 1 aromatic heterocycles. The number of rotatable bonds is 4. The van der Waals surface area contributed by atoms with E-state index in [9.17, 15) is 9.59 Å². The van der Waals surface area contributed by atoms with E-state index in [1.165, 1.54) is 22.8 Å². The first-order chi connectivity index (χ1) is 9.58. The molecule has 0 aliphatic heterocycles. The van der Waals surface area contributed by atoms with Crippen LogP contribution in [0.2, 0.25) is 0 Å². The number of carbonyl (C=O) groups is 2. The van der Waals surface area contributed by atoms with E-state index in [1.807, 2.05) is 13.2 Å². The molecule has 0 atom stereocenters. The number of anilines is 1. The van der Waals surface area contributed by atoms with Gasteiger partial charge in [0.05, 0.1) is 0 Å². The summed E-state index contributed by atoms with van der Waals surface area (Å²) in [6.45, 7) is 1.82. The first-order valence-corrected chi connectivity index (χ1v) is 7.09. The lowest BCUT2D eigenvalue weighted by Gasteiger charge is -2.11. The first-order valence-electron chi connectivity index (χ1n) is 5.86. The van der Waals surface area contributed by atoms with E-state index in [-0.39, 0.29) is 5.91 Å². The van der Waals surface area contributed by atoms with Crippen molar-refractivity contribution in [3.05, 3.63) is 35.2 Å². The average Bonchev–Trinajstić information content (AvgIpc) is 2.83. The van der Waals surface area contributed by atoms with Gasteiger partial charge in [-0.05, 0) is 30.9 Å². The van der Waals surface area contributed by atoms with Crippen LogP contribution in [0.15, 0.2) is 23.4 Å². The highest BCUT2D eigenvalue weighted by Crippen LogP contribution is 2.26. The van der Waals surface area contributed by atoms with Gasteiger partial charge in [0.2, 0.25) is 5.95 Å². The van der Waals surface area contributed by atoms with Crippen molar-refractivity contribution in [1.29, 1.82) is 0 Å². The van der Waals surface area contributed by atoms with Crippen molar-refractivity contribution in [1.82, 2.24) is 14.8 Å². The van der Waals surface area contributed by atoms with Crippen molar-refractivity contribution in [3.8, 4) is 0 Å². The summed E-state index contributed by atoms with van der Waals surface area (Å²) in [5, 5.41) is 6.58. The molecule has 1 heterocycles. The van der Waals surface area contributed by atoms with Gasteiger partial charge in [0.15, 0.2) is 6.29 Å². The molecule has 0 aliphatic carbocycles. The summed E-state index contributed by atoms with van der Waals surface area (Å²) in [4.78, 5) is 28.0. The Kier molecular flexibility index (Phi) is 4.19. The van der Waals surface area contributed by atoms with Crippen molar-refractivity contribution in [3.63, 3.8) is 0 Å². The average molecular weight is 290 g/mol. The van der Waals surface area contributed by atoms with Gasteiger partial charge in [-0.25, -0.2) is 4.68 Å². The Hall–Kier alpha value is -2.15. The number of aryl methyl sites for hydroxylation is 1. The lowest BCUT2D eigenvalue weighted by Crippen LogP contribution is -2.17. The molecule has 0 fully saturated rings. The number of carbonyl (C=O) groups excluding carboxylic acids is 2. The second kappa shape index (κ2) is 5.87. The van der Waals surface area contributed by atoms with Crippen LogP contribution in [0.1, 0.15) is 26.3 Å². The Balaban J connectivity index is 2.36. The summed E-state index contributed by atoms with van der Waals surface area (Å²) < 4.78 is 1.47. The summed E-state index contributed by atoms with van der Waals surface area (Å²) in [5.41, 5.74) is 1.88. The SMILES string of the molecule is CSc1c(C=O)ccc(C(=O)Nc2ncnn2C)c1C. The summed E-state index contributed by atoms with van der Waals surface area (Å²) in [7, 11) is 1.69. The number of aromatic nitrogens is 3. The second-order valence-electron chi connectivity index (χ2n) is 4.14. The Morgan fingerprint density at radius 3 is 2.75 bits per heavy atom. The maximum atomic E-state index is 12.3. The lowest BCUT2D eigenvalue weighted by atomic mass is 10.0. The summed E-state index contributed by atoms with van der Waals surface area (Å²) in [6, 6.07) is 3.29. The molecule has 7 heteroatoms. The minimum atomic E-state index is -0.272. The third kappa shape index (κ3) is 2.57. The zero-order chi connectivity index (χ0) is 14.7. The molecule has 0 saturated heterocycles. The van der Waals surface area contributed by atoms with Gasteiger partial charge in [0.1, 0.15) is 6.33 Å². The van der Waals surface area contributed by atoms with E-state index in [1.54, 1.807) is 19.2 Å². The first kappa shape index (κ1) is 14.3. The van der Waals surface area contributed by atoms with E-state index in [4.69, 9.17) is 0 Å². The molecular weight excluding hydrogens is 276 g/mol. The number of aldehydes is 1. The van der Waals surface area contributed by atoms with Crippen LogP contribution in [0.25, 0.3) is 0 Å². The van der Waals surface area contributed by atoms with Crippen LogP contribution in [0.4, 0.5) is 5.95 Å². The van der Waals surface area contributed by atoms with Crippen molar-refractivity contribution < 1.29 is 9.59 Å². The van der Waals surface area contributed by atoms with Crippen LogP contribution in [0.5, 0.6) is 0 Å². The zero-order valence-corrected chi connectivity index (χ0v) is 12.2. The fourth-order valence-corrected chi connectivity index (χ4v) is 2.67. The third-order valence-corrected chi connectivity index (χ3v) is 3.90. The molecule has 0 spiro atoms. The number of thioether (sulfide) groups is 1. The number of nitrogens with zero attached hydrogens (tertiary/aromatic N) is 3. The molecule has 0 radical (unpaired) electrons. The Bertz CT molecular complexity index is 666. The van der Waals surface area contributed by atoms with Gasteiger partial charge < -0.3 is 0 Å². The van der Waals surface area contributed by atoms with Crippen LogP contribution < -0.4 is 5.32 Å². The van der Waals surface area contributed by atoms with E-state index in [2.05, 4.69) is 15.4 Å². The fourth-order valence-electron chi connectivity index (χ4n) is 1.90. The van der Waals surface area contributed by atoms with E-state index in [0.717, 1.165) is 16.7 Å². The normalized spacial score (nSPS) is 10.3. The van der Waals surface area contributed by atoms with Gasteiger partial charge in [0, 0.05) is 23.1 Å². The molecule has 104 valence electrons. The summed E-state index contributed by atoms with van der Waals surface area (Å²) >= 11 is 1.44. The summed E-state index contributed by atoms with van der Waals surface area (Å²) in [6.07, 6.45) is 4.04. The smallest absolute Gasteiger partial charge is 0.258 e. The van der Waals surface area contributed by atoms with Gasteiger partial charge in [0.25, 0.3) is 5.91 Å². The van der Waals surface area contributed by atoms with Crippen LogP contribution >= 0.6 is 11.8 Å². The molecule has 1 N–H and O–H groups in total. The minimum absolute atomic E-state index is 0.272. The predicted molar refractivity (Wildman–Crippen MR) is 77.3 cm³/mol. The van der Waals surface area contributed by atoms with Crippen LogP contribution in [0, 0.1) is 6.92 Å². The number of hydrogen-bond acceptors (Lipinski definition) is 5. The van der Waals surface area contributed by atoms with E-state index in [0.29, 0.717) is 17.1 Å². The van der Waals surface area contributed by atoms with Gasteiger partial charge in [-0.3, -0.25) is 14.9 Å². The summed E-state index contributed by atoms with van der Waals surface area (Å²) in [5.74, 6) is 0.103. The minimum Gasteiger partial charge on any atom is -0.298 e. The number of hydrogen-bond donors (Lipinski definition) is 1. The van der Waals surface area contributed by atoms with E-state index < -0.39 is 0 Å². The van der Waals surface area contributed by atoms with Crippen LogP contribution in [-0.4, -0.2) is 33.2 Å². The molecule has 1 aromatic carbocycles. The Labute approximate surface area is 120 Å². The Morgan fingerprint density at radius 1 is 1.45 bits per heavy atom. The number of amides is 1.